The SMILES string of the molecule is CCCN1CCN(c2ccc(N3CCC(OCC)CC3)cc2C2CC(C)(C)CC(C)(C)C2)CC1. The lowest BCUT2D eigenvalue weighted by atomic mass is 9.60. The summed E-state index contributed by atoms with van der Waals surface area (Å²) in [6, 6.07) is 7.48. The third-order valence-corrected chi connectivity index (χ3v) is 8.47. The van der Waals surface area contributed by atoms with Gasteiger partial charge >= 0.3 is 0 Å². The van der Waals surface area contributed by atoms with E-state index in [1.807, 2.05) is 0 Å². The van der Waals surface area contributed by atoms with Crippen LogP contribution in [0.15, 0.2) is 18.2 Å². The first-order chi connectivity index (χ1) is 16.2. The minimum atomic E-state index is 0.398. The molecule has 2 heterocycles. The number of piperidine rings is 1. The molecule has 0 atom stereocenters. The Hall–Kier alpha value is -1.26. The van der Waals surface area contributed by atoms with Gasteiger partial charge in [-0.05, 0) is 92.5 Å². The summed E-state index contributed by atoms with van der Waals surface area (Å²) >= 11 is 0. The molecule has 0 amide bonds. The van der Waals surface area contributed by atoms with E-state index in [1.54, 1.807) is 5.56 Å². The van der Waals surface area contributed by atoms with Crippen LogP contribution in [0.5, 0.6) is 0 Å². The molecule has 4 rings (SSSR count). The average molecular weight is 470 g/mol. The molecule has 1 aromatic rings. The van der Waals surface area contributed by atoms with Gasteiger partial charge in [0.2, 0.25) is 0 Å². The van der Waals surface area contributed by atoms with E-state index in [4.69, 9.17) is 4.74 Å². The first kappa shape index (κ1) is 25.8. The smallest absolute Gasteiger partial charge is 0.0608 e. The van der Waals surface area contributed by atoms with Crippen LogP contribution >= 0.6 is 0 Å². The maximum Gasteiger partial charge on any atom is 0.0608 e. The predicted molar refractivity (Wildman–Crippen MR) is 146 cm³/mol. The summed E-state index contributed by atoms with van der Waals surface area (Å²) in [7, 11) is 0. The van der Waals surface area contributed by atoms with Gasteiger partial charge in [-0.2, -0.15) is 0 Å². The van der Waals surface area contributed by atoms with Crippen LogP contribution in [0.3, 0.4) is 0 Å². The van der Waals surface area contributed by atoms with Gasteiger partial charge in [0.1, 0.15) is 0 Å². The number of ether oxygens (including phenoxy) is 1. The predicted octanol–water partition coefficient (Wildman–Crippen LogP) is 6.54. The highest BCUT2D eigenvalue weighted by Gasteiger charge is 2.40. The van der Waals surface area contributed by atoms with E-state index < -0.39 is 0 Å². The van der Waals surface area contributed by atoms with E-state index in [9.17, 15) is 0 Å². The van der Waals surface area contributed by atoms with Crippen molar-refractivity contribution in [3.05, 3.63) is 23.8 Å². The van der Waals surface area contributed by atoms with Crippen LogP contribution < -0.4 is 9.80 Å². The van der Waals surface area contributed by atoms with Crippen LogP contribution in [0, 0.1) is 10.8 Å². The molecule has 2 aliphatic heterocycles. The number of nitrogens with zero attached hydrogens (tertiary/aromatic N) is 3. The number of hydrogen-bond acceptors (Lipinski definition) is 4. The zero-order valence-electron chi connectivity index (χ0n) is 23.0. The van der Waals surface area contributed by atoms with E-state index in [2.05, 4.69) is 74.4 Å². The molecule has 0 N–H and O–H groups in total. The monoisotopic (exact) mass is 469 g/mol. The summed E-state index contributed by atoms with van der Waals surface area (Å²) < 4.78 is 5.92. The number of benzene rings is 1. The molecular weight excluding hydrogens is 418 g/mol. The Morgan fingerprint density at radius 1 is 0.853 bits per heavy atom. The van der Waals surface area contributed by atoms with Crippen molar-refractivity contribution < 1.29 is 4.74 Å². The van der Waals surface area contributed by atoms with Gasteiger partial charge in [0.05, 0.1) is 6.10 Å². The van der Waals surface area contributed by atoms with E-state index in [-0.39, 0.29) is 0 Å². The van der Waals surface area contributed by atoms with Crippen LogP contribution in [0.2, 0.25) is 0 Å². The molecule has 192 valence electrons. The van der Waals surface area contributed by atoms with Crippen LogP contribution in [0.4, 0.5) is 11.4 Å². The molecule has 3 fully saturated rings. The van der Waals surface area contributed by atoms with Gasteiger partial charge < -0.3 is 14.5 Å². The Labute approximate surface area is 210 Å². The lowest BCUT2D eigenvalue weighted by Gasteiger charge is -2.46. The molecule has 0 spiro atoms. The number of anilines is 2. The van der Waals surface area contributed by atoms with E-state index in [0.717, 1.165) is 45.6 Å². The average Bonchev–Trinajstić information content (AvgIpc) is 2.78. The second-order valence-corrected chi connectivity index (χ2v) is 12.8. The van der Waals surface area contributed by atoms with Crippen molar-refractivity contribution in [3.63, 3.8) is 0 Å². The highest BCUT2D eigenvalue weighted by Crippen LogP contribution is 2.53. The van der Waals surface area contributed by atoms with Gasteiger partial charge in [0, 0.05) is 57.3 Å². The number of hydrogen-bond donors (Lipinski definition) is 0. The molecule has 1 saturated carbocycles. The van der Waals surface area contributed by atoms with Crippen LogP contribution in [-0.2, 0) is 4.74 Å². The largest absolute Gasteiger partial charge is 0.378 e. The molecule has 0 bridgehead atoms. The van der Waals surface area contributed by atoms with Crippen LogP contribution in [0.1, 0.15) is 91.5 Å². The summed E-state index contributed by atoms with van der Waals surface area (Å²) in [6.45, 7) is 23.4. The molecule has 34 heavy (non-hydrogen) atoms. The Balaban J connectivity index is 1.60. The molecule has 2 saturated heterocycles. The lowest BCUT2D eigenvalue weighted by Crippen LogP contribution is -2.47. The summed E-state index contributed by atoms with van der Waals surface area (Å²) in [5.74, 6) is 0.642. The van der Waals surface area contributed by atoms with Crippen LogP contribution in [0.25, 0.3) is 0 Å². The first-order valence-corrected chi connectivity index (χ1v) is 14.2. The van der Waals surface area contributed by atoms with Crippen molar-refractivity contribution in [1.82, 2.24) is 4.90 Å². The molecule has 4 heteroatoms. The molecule has 1 aromatic carbocycles. The second-order valence-electron chi connectivity index (χ2n) is 12.8. The summed E-state index contributed by atoms with van der Waals surface area (Å²) in [5.41, 5.74) is 5.36. The molecule has 4 nitrogen and oxygen atoms in total. The van der Waals surface area contributed by atoms with Gasteiger partial charge in [0.15, 0.2) is 0 Å². The van der Waals surface area contributed by atoms with Crippen molar-refractivity contribution in [1.29, 1.82) is 0 Å². The molecular formula is C30H51N3O. The molecule has 0 radical (unpaired) electrons. The third kappa shape index (κ3) is 6.29. The fourth-order valence-corrected chi connectivity index (χ4v) is 7.46. The topological polar surface area (TPSA) is 19.0 Å². The zero-order chi connectivity index (χ0) is 24.3. The van der Waals surface area contributed by atoms with Crippen molar-refractivity contribution in [2.45, 2.75) is 92.1 Å². The quantitative estimate of drug-likeness (QED) is 0.451. The Bertz CT molecular complexity index is 772. The van der Waals surface area contributed by atoms with Crippen LogP contribution in [-0.4, -0.2) is 63.4 Å². The zero-order valence-corrected chi connectivity index (χ0v) is 23.0. The van der Waals surface area contributed by atoms with Crippen molar-refractivity contribution in [2.24, 2.45) is 10.8 Å². The van der Waals surface area contributed by atoms with Crippen molar-refractivity contribution >= 4 is 11.4 Å². The highest BCUT2D eigenvalue weighted by molar-refractivity contribution is 5.64. The lowest BCUT2D eigenvalue weighted by molar-refractivity contribution is 0.0459. The minimum absolute atomic E-state index is 0.398. The van der Waals surface area contributed by atoms with Crippen molar-refractivity contribution in [3.8, 4) is 0 Å². The molecule has 0 aromatic heterocycles. The van der Waals surface area contributed by atoms with Crippen molar-refractivity contribution in [2.75, 3.05) is 62.2 Å². The first-order valence-electron chi connectivity index (χ1n) is 14.2. The van der Waals surface area contributed by atoms with E-state index >= 15 is 0 Å². The van der Waals surface area contributed by atoms with Gasteiger partial charge in [-0.15, -0.1) is 0 Å². The second kappa shape index (κ2) is 10.8. The van der Waals surface area contributed by atoms with Gasteiger partial charge in [-0.25, -0.2) is 0 Å². The molecule has 1 aliphatic carbocycles. The number of rotatable bonds is 7. The van der Waals surface area contributed by atoms with Gasteiger partial charge in [-0.3, -0.25) is 4.90 Å². The Kier molecular flexibility index (Phi) is 8.19. The minimum Gasteiger partial charge on any atom is -0.378 e. The summed E-state index contributed by atoms with van der Waals surface area (Å²) in [4.78, 5) is 7.95. The fourth-order valence-electron chi connectivity index (χ4n) is 7.46. The molecule has 0 unspecified atom stereocenters. The van der Waals surface area contributed by atoms with Gasteiger partial charge in [-0.1, -0.05) is 34.6 Å². The summed E-state index contributed by atoms with van der Waals surface area (Å²) in [5, 5.41) is 0. The fraction of sp³-hybridized carbons (Fsp3) is 0.800. The maximum atomic E-state index is 5.92. The summed E-state index contributed by atoms with van der Waals surface area (Å²) in [6.07, 6.45) is 7.92. The number of piperazine rings is 1. The Morgan fingerprint density at radius 3 is 2.09 bits per heavy atom. The molecule has 3 aliphatic rings. The normalized spacial score (nSPS) is 24.5. The third-order valence-electron chi connectivity index (χ3n) is 8.47. The maximum absolute atomic E-state index is 5.92. The Morgan fingerprint density at radius 2 is 1.50 bits per heavy atom. The van der Waals surface area contributed by atoms with E-state index in [0.29, 0.717) is 22.9 Å². The van der Waals surface area contributed by atoms with Gasteiger partial charge in [0.25, 0.3) is 0 Å². The standard InChI is InChI=1S/C30H51N3O/c1-7-13-31-16-18-33(19-17-31)28-10-9-25(32-14-11-26(12-15-32)34-8-2)20-27(28)24-21-29(3,4)23-30(5,6)22-24/h9-10,20,24,26H,7-8,11-19,21-23H2,1-6H3. The van der Waals surface area contributed by atoms with E-state index in [1.165, 1.54) is 56.7 Å². The highest BCUT2D eigenvalue weighted by atomic mass is 16.5.